The Balaban J connectivity index is 1.74. The summed E-state index contributed by atoms with van der Waals surface area (Å²) in [6.45, 7) is 3.91. The van der Waals surface area contributed by atoms with E-state index in [4.69, 9.17) is 11.6 Å². The summed E-state index contributed by atoms with van der Waals surface area (Å²) in [5.41, 5.74) is 3.76. The summed E-state index contributed by atoms with van der Waals surface area (Å²) in [6, 6.07) is 24.4. The molecule has 118 valence electrons. The van der Waals surface area contributed by atoms with Crippen molar-refractivity contribution in [3.63, 3.8) is 0 Å². The number of Topliss-reactive ketones (excluding diaryl/α,β-unsaturated/α-hetero) is 1. The zero-order chi connectivity index (χ0) is 16.9. The van der Waals surface area contributed by atoms with Crippen LogP contribution in [-0.4, -0.2) is 5.78 Å². The topological polar surface area (TPSA) is 29.1 Å². The average Bonchev–Trinajstić information content (AvgIpc) is 2.63. The molecule has 3 rings (SSSR count). The van der Waals surface area contributed by atoms with Gasteiger partial charge < -0.3 is 5.32 Å². The summed E-state index contributed by atoms with van der Waals surface area (Å²) in [4.78, 5) is 12.5. The van der Waals surface area contributed by atoms with Crippen molar-refractivity contribution in [1.82, 2.24) is 0 Å². The lowest BCUT2D eigenvalue weighted by Gasteiger charge is -2.08. The van der Waals surface area contributed by atoms with E-state index in [1.165, 1.54) is 0 Å². The molecular formula is C21H16ClNO. The molecule has 0 aliphatic rings. The van der Waals surface area contributed by atoms with E-state index in [1.807, 2.05) is 42.5 Å². The normalized spacial score (nSPS) is 10.2. The predicted molar refractivity (Wildman–Crippen MR) is 101 cm³/mol. The Labute approximate surface area is 146 Å². The van der Waals surface area contributed by atoms with Crippen LogP contribution in [0, 0.1) is 0 Å². The molecule has 0 spiro atoms. The van der Waals surface area contributed by atoms with Crippen molar-refractivity contribution in [1.29, 1.82) is 0 Å². The smallest absolute Gasteiger partial charge is 0.193 e. The summed E-state index contributed by atoms with van der Waals surface area (Å²) in [5, 5.41) is 3.92. The van der Waals surface area contributed by atoms with Crippen LogP contribution in [-0.2, 0) is 0 Å². The van der Waals surface area contributed by atoms with Crippen molar-refractivity contribution < 1.29 is 4.79 Å². The molecule has 3 heteroatoms. The van der Waals surface area contributed by atoms with Gasteiger partial charge in [-0.2, -0.15) is 0 Å². The molecule has 0 heterocycles. The molecule has 2 nitrogen and oxygen atoms in total. The molecule has 1 N–H and O–H groups in total. The standard InChI is InChI=1S/C21H16ClNO/c1-15(16-7-11-18(22)12-8-16)21(24)17-9-13-20(14-10-17)23-19-5-3-2-4-6-19/h2-14,23H,1H2. The van der Waals surface area contributed by atoms with Crippen LogP contribution in [0.5, 0.6) is 0 Å². The van der Waals surface area contributed by atoms with Crippen LogP contribution in [0.25, 0.3) is 5.57 Å². The first kappa shape index (κ1) is 16.0. The fourth-order valence-corrected chi connectivity index (χ4v) is 2.48. The van der Waals surface area contributed by atoms with Gasteiger partial charge in [0.1, 0.15) is 0 Å². The first-order valence-corrected chi connectivity index (χ1v) is 7.93. The number of para-hydroxylation sites is 1. The summed E-state index contributed by atoms with van der Waals surface area (Å²) in [6.07, 6.45) is 0. The minimum absolute atomic E-state index is 0.0939. The van der Waals surface area contributed by atoms with Gasteiger partial charge in [-0.05, 0) is 54.1 Å². The molecule has 0 saturated carbocycles. The van der Waals surface area contributed by atoms with Gasteiger partial charge in [-0.1, -0.05) is 48.5 Å². The van der Waals surface area contributed by atoms with Gasteiger partial charge in [0, 0.05) is 27.5 Å². The molecule has 0 aromatic heterocycles. The van der Waals surface area contributed by atoms with Crippen molar-refractivity contribution in [3.05, 3.63) is 102 Å². The van der Waals surface area contributed by atoms with Gasteiger partial charge in [-0.25, -0.2) is 0 Å². The molecule has 0 bridgehead atoms. The van der Waals surface area contributed by atoms with Crippen molar-refractivity contribution in [3.8, 4) is 0 Å². The van der Waals surface area contributed by atoms with Gasteiger partial charge >= 0.3 is 0 Å². The number of halogens is 1. The number of hydrogen-bond donors (Lipinski definition) is 1. The molecular weight excluding hydrogens is 318 g/mol. The average molecular weight is 334 g/mol. The number of rotatable bonds is 5. The van der Waals surface area contributed by atoms with E-state index < -0.39 is 0 Å². The Morgan fingerprint density at radius 2 is 1.29 bits per heavy atom. The van der Waals surface area contributed by atoms with Gasteiger partial charge in [0.15, 0.2) is 5.78 Å². The highest BCUT2D eigenvalue weighted by atomic mass is 35.5. The Kier molecular flexibility index (Phi) is 4.78. The van der Waals surface area contributed by atoms with Gasteiger partial charge in [0.2, 0.25) is 0 Å². The van der Waals surface area contributed by atoms with E-state index >= 15 is 0 Å². The number of allylic oxidation sites excluding steroid dienone is 1. The number of carbonyl (C=O) groups excluding carboxylic acids is 1. The van der Waals surface area contributed by atoms with E-state index in [0.717, 1.165) is 16.9 Å². The van der Waals surface area contributed by atoms with Gasteiger partial charge in [-0.15, -0.1) is 0 Å². The second kappa shape index (κ2) is 7.16. The maximum Gasteiger partial charge on any atom is 0.193 e. The lowest BCUT2D eigenvalue weighted by atomic mass is 9.98. The molecule has 0 fully saturated rings. The summed E-state index contributed by atoms with van der Waals surface area (Å²) in [7, 11) is 0. The number of anilines is 2. The molecule has 0 radical (unpaired) electrons. The molecule has 0 atom stereocenters. The van der Waals surface area contributed by atoms with E-state index in [0.29, 0.717) is 16.2 Å². The Bertz CT molecular complexity index is 853. The van der Waals surface area contributed by atoms with Crippen LogP contribution in [0.3, 0.4) is 0 Å². The van der Waals surface area contributed by atoms with Gasteiger partial charge in [0.25, 0.3) is 0 Å². The van der Waals surface area contributed by atoms with Crippen LogP contribution in [0.15, 0.2) is 85.4 Å². The zero-order valence-corrected chi connectivity index (χ0v) is 13.8. The van der Waals surface area contributed by atoms with Gasteiger partial charge in [-0.3, -0.25) is 4.79 Å². The van der Waals surface area contributed by atoms with Crippen molar-refractivity contribution in [2.24, 2.45) is 0 Å². The highest BCUT2D eigenvalue weighted by Crippen LogP contribution is 2.22. The zero-order valence-electron chi connectivity index (χ0n) is 13.0. The summed E-state index contributed by atoms with van der Waals surface area (Å²) < 4.78 is 0. The molecule has 24 heavy (non-hydrogen) atoms. The highest BCUT2D eigenvalue weighted by molar-refractivity contribution is 6.31. The largest absolute Gasteiger partial charge is 0.356 e. The van der Waals surface area contributed by atoms with Gasteiger partial charge in [0.05, 0.1) is 0 Å². The summed E-state index contributed by atoms with van der Waals surface area (Å²) in [5.74, 6) is -0.0939. The van der Waals surface area contributed by atoms with Crippen LogP contribution in [0.2, 0.25) is 5.02 Å². The van der Waals surface area contributed by atoms with Crippen LogP contribution >= 0.6 is 11.6 Å². The number of nitrogens with one attached hydrogen (secondary N) is 1. The SMILES string of the molecule is C=C(C(=O)c1ccc(Nc2ccccc2)cc1)c1ccc(Cl)cc1. The fraction of sp³-hybridized carbons (Fsp3) is 0. The van der Waals surface area contributed by atoms with Crippen molar-refractivity contribution in [2.45, 2.75) is 0 Å². The minimum atomic E-state index is -0.0939. The molecule has 0 aliphatic heterocycles. The van der Waals surface area contributed by atoms with E-state index in [1.54, 1.807) is 36.4 Å². The third kappa shape index (κ3) is 3.73. The van der Waals surface area contributed by atoms with Crippen molar-refractivity contribution in [2.75, 3.05) is 5.32 Å². The Morgan fingerprint density at radius 1 is 0.750 bits per heavy atom. The molecule has 3 aromatic rings. The molecule has 3 aromatic carbocycles. The van der Waals surface area contributed by atoms with Crippen LogP contribution in [0.4, 0.5) is 11.4 Å². The second-order valence-electron chi connectivity index (χ2n) is 5.38. The molecule has 0 unspecified atom stereocenters. The third-order valence-corrected chi connectivity index (χ3v) is 3.93. The van der Waals surface area contributed by atoms with E-state index in [-0.39, 0.29) is 5.78 Å². The lowest BCUT2D eigenvalue weighted by Crippen LogP contribution is -2.02. The Morgan fingerprint density at radius 3 is 1.92 bits per heavy atom. The quantitative estimate of drug-likeness (QED) is 0.459. The number of hydrogen-bond acceptors (Lipinski definition) is 2. The summed E-state index contributed by atoms with van der Waals surface area (Å²) >= 11 is 5.88. The number of benzene rings is 3. The molecule has 0 aliphatic carbocycles. The second-order valence-corrected chi connectivity index (χ2v) is 5.82. The molecule has 0 saturated heterocycles. The van der Waals surface area contributed by atoms with Crippen molar-refractivity contribution >= 4 is 34.3 Å². The van der Waals surface area contributed by atoms with Crippen LogP contribution < -0.4 is 5.32 Å². The van der Waals surface area contributed by atoms with E-state index in [2.05, 4.69) is 11.9 Å². The monoisotopic (exact) mass is 333 g/mol. The number of carbonyl (C=O) groups is 1. The fourth-order valence-electron chi connectivity index (χ4n) is 2.35. The minimum Gasteiger partial charge on any atom is -0.356 e. The number of ketones is 1. The maximum atomic E-state index is 12.5. The predicted octanol–water partition coefficient (Wildman–Crippen LogP) is 5.98. The first-order chi connectivity index (χ1) is 11.6. The maximum absolute atomic E-state index is 12.5. The van der Waals surface area contributed by atoms with E-state index in [9.17, 15) is 4.79 Å². The first-order valence-electron chi connectivity index (χ1n) is 7.55. The highest BCUT2D eigenvalue weighted by Gasteiger charge is 2.12. The third-order valence-electron chi connectivity index (χ3n) is 3.68. The Hall–Kier alpha value is -2.84. The lowest BCUT2D eigenvalue weighted by molar-refractivity contribution is 0.105. The molecule has 0 amide bonds. The van der Waals surface area contributed by atoms with Crippen LogP contribution in [0.1, 0.15) is 15.9 Å².